The Hall–Kier alpha value is -4.03. The van der Waals surface area contributed by atoms with Crippen molar-refractivity contribution in [2.45, 2.75) is 11.1 Å². The molecule has 8 nitrogen and oxygen atoms in total. The third kappa shape index (κ3) is 4.68. The van der Waals surface area contributed by atoms with Crippen molar-refractivity contribution in [3.63, 3.8) is 0 Å². The lowest BCUT2D eigenvalue weighted by Crippen LogP contribution is -2.50. The summed E-state index contributed by atoms with van der Waals surface area (Å²) in [6, 6.07) is 17.3. The topological polar surface area (TPSA) is 92.6 Å². The van der Waals surface area contributed by atoms with Crippen molar-refractivity contribution in [2.75, 3.05) is 26.2 Å². The van der Waals surface area contributed by atoms with Gasteiger partial charge in [0.2, 0.25) is 10.0 Å². The van der Waals surface area contributed by atoms with Crippen molar-refractivity contribution in [3.8, 4) is 5.69 Å². The smallest absolute Gasteiger partial charge is 0.336 e. The Balaban J connectivity index is 1.30. The van der Waals surface area contributed by atoms with Crippen LogP contribution in [0.25, 0.3) is 16.6 Å². The van der Waals surface area contributed by atoms with E-state index < -0.39 is 26.7 Å². The Kier molecular flexibility index (Phi) is 6.53. The van der Waals surface area contributed by atoms with E-state index in [0.717, 1.165) is 22.5 Å². The van der Waals surface area contributed by atoms with Crippen molar-refractivity contribution in [1.82, 2.24) is 18.8 Å². The number of amides is 1. The van der Waals surface area contributed by atoms with Gasteiger partial charge in [0.15, 0.2) is 0 Å². The Morgan fingerprint density at radius 2 is 1.47 bits per heavy atom. The van der Waals surface area contributed by atoms with E-state index >= 15 is 0 Å². The molecule has 1 aliphatic rings. The minimum atomic E-state index is -4.82. The van der Waals surface area contributed by atoms with Crippen LogP contribution in [0, 0.1) is 0 Å². The number of nitrogens with zero attached hydrogens (tertiary/aromatic N) is 4. The highest BCUT2D eigenvalue weighted by Gasteiger charge is 2.39. The fourth-order valence-electron chi connectivity index (χ4n) is 4.40. The molecule has 38 heavy (non-hydrogen) atoms. The molecule has 1 fully saturated rings. The van der Waals surface area contributed by atoms with Gasteiger partial charge in [-0.15, -0.1) is 0 Å². The molecule has 0 N–H and O–H groups in total. The maximum atomic E-state index is 13.4. The number of carbonyl (C=O) groups is 1. The van der Waals surface area contributed by atoms with Crippen LogP contribution >= 0.6 is 0 Å². The molecule has 0 atom stereocenters. The zero-order chi connectivity index (χ0) is 27.1. The number of rotatable bonds is 4. The lowest BCUT2D eigenvalue weighted by Gasteiger charge is -2.34. The zero-order valence-electron chi connectivity index (χ0n) is 19.8. The molecular formula is C26H21F3N4O4S. The fraction of sp³-hybridized carbons (Fsp3) is 0.192. The molecule has 0 radical (unpaired) electrons. The van der Waals surface area contributed by atoms with Gasteiger partial charge < -0.3 is 4.90 Å². The zero-order valence-corrected chi connectivity index (χ0v) is 20.6. The van der Waals surface area contributed by atoms with Gasteiger partial charge in [0.05, 0.1) is 27.0 Å². The van der Waals surface area contributed by atoms with E-state index in [1.54, 1.807) is 48.5 Å². The summed E-state index contributed by atoms with van der Waals surface area (Å²) in [6.45, 7) is -0.253. The lowest BCUT2D eigenvalue weighted by molar-refractivity contribution is -0.139. The van der Waals surface area contributed by atoms with Crippen LogP contribution in [-0.4, -0.2) is 59.3 Å². The first kappa shape index (κ1) is 25.6. The molecule has 0 saturated carbocycles. The van der Waals surface area contributed by atoms with Crippen LogP contribution in [0.1, 0.15) is 15.9 Å². The first-order valence-corrected chi connectivity index (χ1v) is 13.0. The lowest BCUT2D eigenvalue weighted by atomic mass is 10.1. The minimum absolute atomic E-state index is 0.0159. The summed E-state index contributed by atoms with van der Waals surface area (Å²) in [4.78, 5) is 30.8. The average molecular weight is 543 g/mol. The summed E-state index contributed by atoms with van der Waals surface area (Å²) in [5.74, 6) is -0.353. The summed E-state index contributed by atoms with van der Waals surface area (Å²) in [5.41, 5.74) is -0.0552. The van der Waals surface area contributed by atoms with Crippen molar-refractivity contribution in [3.05, 3.63) is 101 Å². The SMILES string of the molecule is O=C(c1ccc(-n2cnc3ccccc3c2=O)cc1)N1CCN(S(=O)(=O)c2ccccc2C(F)(F)F)CC1. The molecule has 1 aromatic heterocycles. The Morgan fingerprint density at radius 3 is 2.16 bits per heavy atom. The third-order valence-electron chi connectivity index (χ3n) is 6.39. The van der Waals surface area contributed by atoms with E-state index in [-0.39, 0.29) is 37.6 Å². The van der Waals surface area contributed by atoms with E-state index in [4.69, 9.17) is 0 Å². The molecule has 196 valence electrons. The molecule has 1 saturated heterocycles. The Morgan fingerprint density at radius 1 is 0.842 bits per heavy atom. The molecule has 0 aliphatic carbocycles. The highest BCUT2D eigenvalue weighted by atomic mass is 32.2. The average Bonchev–Trinajstić information content (AvgIpc) is 2.93. The van der Waals surface area contributed by atoms with Gasteiger partial charge in [-0.3, -0.25) is 14.2 Å². The number of piperazine rings is 1. The van der Waals surface area contributed by atoms with E-state index in [0.29, 0.717) is 22.2 Å². The maximum Gasteiger partial charge on any atom is 0.417 e. The number of para-hydroxylation sites is 1. The number of benzene rings is 3. The van der Waals surface area contributed by atoms with Gasteiger partial charge in [0.1, 0.15) is 6.33 Å². The predicted molar refractivity (Wildman–Crippen MR) is 133 cm³/mol. The Labute approximate surface area is 215 Å². The highest BCUT2D eigenvalue weighted by Crippen LogP contribution is 2.35. The molecular weight excluding hydrogens is 521 g/mol. The number of fused-ring (bicyclic) bond motifs is 1. The van der Waals surface area contributed by atoms with Crippen LogP contribution in [0.5, 0.6) is 0 Å². The number of alkyl halides is 3. The second-order valence-corrected chi connectivity index (χ2v) is 10.6. The molecule has 1 aliphatic heterocycles. The van der Waals surface area contributed by atoms with E-state index in [2.05, 4.69) is 4.98 Å². The number of aromatic nitrogens is 2. The second kappa shape index (κ2) is 9.69. The number of hydrogen-bond acceptors (Lipinski definition) is 5. The predicted octanol–water partition coefficient (Wildman–Crippen LogP) is 3.55. The summed E-state index contributed by atoms with van der Waals surface area (Å²) in [6.07, 6.45) is -3.40. The van der Waals surface area contributed by atoms with Crippen LogP contribution in [0.3, 0.4) is 0 Å². The largest absolute Gasteiger partial charge is 0.417 e. The van der Waals surface area contributed by atoms with E-state index in [1.165, 1.54) is 21.9 Å². The normalized spacial score (nSPS) is 15.1. The summed E-state index contributed by atoms with van der Waals surface area (Å²) in [7, 11) is -4.41. The van der Waals surface area contributed by atoms with Crippen molar-refractivity contribution in [2.24, 2.45) is 0 Å². The standard InChI is InChI=1S/C26H21F3N4O4S/c27-26(28,29)21-6-2-4-8-23(21)38(36,37)32-15-13-31(14-16-32)24(34)18-9-11-19(12-10-18)33-17-30-22-7-3-1-5-20(22)25(33)35/h1-12,17H,13-16H2. The molecule has 5 rings (SSSR count). The first-order chi connectivity index (χ1) is 18.1. The van der Waals surface area contributed by atoms with Crippen LogP contribution in [0.4, 0.5) is 13.2 Å². The molecule has 3 aromatic carbocycles. The minimum Gasteiger partial charge on any atom is -0.336 e. The van der Waals surface area contributed by atoms with Crippen LogP contribution < -0.4 is 5.56 Å². The molecule has 2 heterocycles. The summed E-state index contributed by atoms with van der Waals surface area (Å²) >= 11 is 0. The van der Waals surface area contributed by atoms with Gasteiger partial charge in [-0.05, 0) is 48.5 Å². The van der Waals surface area contributed by atoms with Crippen LogP contribution in [0.2, 0.25) is 0 Å². The van der Waals surface area contributed by atoms with Gasteiger partial charge in [0, 0.05) is 31.7 Å². The van der Waals surface area contributed by atoms with Crippen LogP contribution in [0.15, 0.2) is 88.8 Å². The van der Waals surface area contributed by atoms with Gasteiger partial charge >= 0.3 is 6.18 Å². The summed E-state index contributed by atoms with van der Waals surface area (Å²) < 4.78 is 68.4. The monoisotopic (exact) mass is 542 g/mol. The summed E-state index contributed by atoms with van der Waals surface area (Å²) in [5, 5.41) is 0.459. The number of hydrogen-bond donors (Lipinski definition) is 0. The van der Waals surface area contributed by atoms with Crippen molar-refractivity contribution < 1.29 is 26.4 Å². The number of sulfonamides is 1. The first-order valence-electron chi connectivity index (χ1n) is 11.6. The highest BCUT2D eigenvalue weighted by molar-refractivity contribution is 7.89. The molecule has 4 aromatic rings. The Bertz CT molecular complexity index is 1680. The number of carbonyl (C=O) groups excluding carboxylic acids is 1. The van der Waals surface area contributed by atoms with E-state index in [1.807, 2.05) is 0 Å². The van der Waals surface area contributed by atoms with Crippen molar-refractivity contribution >= 4 is 26.8 Å². The molecule has 1 amide bonds. The molecule has 0 spiro atoms. The molecule has 0 unspecified atom stereocenters. The van der Waals surface area contributed by atoms with Gasteiger partial charge in [-0.1, -0.05) is 24.3 Å². The van der Waals surface area contributed by atoms with E-state index in [9.17, 15) is 31.2 Å². The molecule has 12 heteroatoms. The van der Waals surface area contributed by atoms with Crippen LogP contribution in [-0.2, 0) is 16.2 Å². The third-order valence-corrected chi connectivity index (χ3v) is 8.35. The quantitative estimate of drug-likeness (QED) is 0.393. The second-order valence-electron chi connectivity index (χ2n) is 8.67. The molecule has 0 bridgehead atoms. The number of halogens is 3. The van der Waals surface area contributed by atoms with Gasteiger partial charge in [0.25, 0.3) is 11.5 Å². The van der Waals surface area contributed by atoms with Crippen molar-refractivity contribution in [1.29, 1.82) is 0 Å². The fourth-order valence-corrected chi connectivity index (χ4v) is 6.03. The van der Waals surface area contributed by atoms with Gasteiger partial charge in [-0.25, -0.2) is 13.4 Å². The van der Waals surface area contributed by atoms with Gasteiger partial charge in [-0.2, -0.15) is 17.5 Å². The maximum absolute atomic E-state index is 13.4.